The van der Waals surface area contributed by atoms with Crippen LogP contribution < -0.4 is 15.0 Å². The van der Waals surface area contributed by atoms with Gasteiger partial charge in [0.1, 0.15) is 5.75 Å². The predicted molar refractivity (Wildman–Crippen MR) is 61.9 cm³/mol. The number of hydrogen-bond acceptors (Lipinski definition) is 5. The van der Waals surface area contributed by atoms with Gasteiger partial charge in [-0.15, -0.1) is 0 Å². The third-order valence-electron chi connectivity index (χ3n) is 2.24. The van der Waals surface area contributed by atoms with Crippen LogP contribution in [0, 0.1) is 0 Å². The first-order chi connectivity index (χ1) is 8.10. The summed E-state index contributed by atoms with van der Waals surface area (Å²) in [6.45, 7) is 0. The molecule has 1 heterocycles. The lowest BCUT2D eigenvalue weighted by molar-refractivity contribution is 0.280. The molecule has 0 aliphatic carbocycles. The number of nitrogens with one attached hydrogen (secondary N) is 1. The molecule has 6 nitrogen and oxygen atoms in total. The van der Waals surface area contributed by atoms with E-state index in [4.69, 9.17) is 19.4 Å². The Morgan fingerprint density at radius 3 is 2.65 bits per heavy atom. The number of aromatic nitrogens is 1. The van der Waals surface area contributed by atoms with Gasteiger partial charge in [-0.1, -0.05) is 0 Å². The fourth-order valence-electron chi connectivity index (χ4n) is 1.53. The second kappa shape index (κ2) is 4.48. The standard InChI is InChI=1S/C10H10BNO5/c1-16-8-5-7-6(2-3-10(13)12-7)4-9(8)17-11(14)15/h2-5,14-15H,1H3,(H,12,13). The second-order valence-electron chi connectivity index (χ2n) is 3.36. The molecule has 7 heteroatoms. The van der Waals surface area contributed by atoms with Crippen molar-refractivity contribution in [3.8, 4) is 11.5 Å². The summed E-state index contributed by atoms with van der Waals surface area (Å²) >= 11 is 0. The third-order valence-corrected chi connectivity index (χ3v) is 2.24. The average Bonchev–Trinajstić information content (AvgIpc) is 2.28. The van der Waals surface area contributed by atoms with Crippen molar-refractivity contribution in [2.24, 2.45) is 0 Å². The van der Waals surface area contributed by atoms with Gasteiger partial charge in [0.2, 0.25) is 5.56 Å². The van der Waals surface area contributed by atoms with Crippen molar-refractivity contribution in [2.75, 3.05) is 7.11 Å². The molecular formula is C10H10BNO5. The van der Waals surface area contributed by atoms with Gasteiger partial charge < -0.3 is 24.4 Å². The number of hydrogen-bond donors (Lipinski definition) is 3. The fraction of sp³-hybridized carbons (Fsp3) is 0.100. The zero-order valence-corrected chi connectivity index (χ0v) is 9.01. The number of ether oxygens (including phenoxy) is 1. The molecule has 0 radical (unpaired) electrons. The van der Waals surface area contributed by atoms with Gasteiger partial charge in [-0.05, 0) is 12.1 Å². The van der Waals surface area contributed by atoms with Gasteiger partial charge in [0, 0.05) is 17.5 Å². The Labute approximate surface area is 96.6 Å². The maximum atomic E-state index is 11.1. The molecule has 2 rings (SSSR count). The zero-order valence-electron chi connectivity index (χ0n) is 9.01. The van der Waals surface area contributed by atoms with Gasteiger partial charge in [-0.25, -0.2) is 0 Å². The lowest BCUT2D eigenvalue weighted by Gasteiger charge is -2.11. The van der Waals surface area contributed by atoms with Crippen molar-refractivity contribution in [1.29, 1.82) is 0 Å². The molecule has 3 N–H and O–H groups in total. The molecule has 2 aromatic rings. The first kappa shape index (κ1) is 11.5. The van der Waals surface area contributed by atoms with Crippen molar-refractivity contribution in [2.45, 2.75) is 0 Å². The summed E-state index contributed by atoms with van der Waals surface area (Å²) in [4.78, 5) is 13.8. The topological polar surface area (TPSA) is 91.8 Å². The lowest BCUT2D eigenvalue weighted by Crippen LogP contribution is -2.21. The molecule has 88 valence electrons. The van der Waals surface area contributed by atoms with Crippen molar-refractivity contribution in [3.05, 3.63) is 34.6 Å². The van der Waals surface area contributed by atoms with E-state index in [-0.39, 0.29) is 11.3 Å². The maximum absolute atomic E-state index is 11.1. The highest BCUT2D eigenvalue weighted by molar-refractivity contribution is 6.33. The third kappa shape index (κ3) is 2.40. The molecule has 0 saturated heterocycles. The molecule has 1 aromatic carbocycles. The molecule has 1 aromatic heterocycles. The lowest BCUT2D eigenvalue weighted by atomic mass is 10.1. The molecule has 0 atom stereocenters. The van der Waals surface area contributed by atoms with Crippen LogP contribution in [0.1, 0.15) is 0 Å². The Bertz CT molecular complexity index is 595. The summed E-state index contributed by atoms with van der Waals surface area (Å²) in [5.74, 6) is 0.481. The molecule has 0 amide bonds. The van der Waals surface area contributed by atoms with Gasteiger partial charge in [-0.2, -0.15) is 0 Å². The van der Waals surface area contributed by atoms with E-state index in [1.54, 1.807) is 18.2 Å². The fourth-order valence-corrected chi connectivity index (χ4v) is 1.53. The molecule has 0 fully saturated rings. The van der Waals surface area contributed by atoms with E-state index in [2.05, 4.69) is 4.98 Å². The van der Waals surface area contributed by atoms with Crippen LogP contribution in [-0.2, 0) is 0 Å². The summed E-state index contributed by atoms with van der Waals surface area (Å²) in [6.07, 6.45) is 0. The van der Waals surface area contributed by atoms with E-state index in [1.165, 1.54) is 13.2 Å². The molecule has 0 aliphatic rings. The summed E-state index contributed by atoms with van der Waals surface area (Å²) < 4.78 is 9.79. The SMILES string of the molecule is COc1cc2[nH]c(=O)ccc2cc1OB(O)O. The predicted octanol–water partition coefficient (Wildman–Crippen LogP) is -0.115. The monoisotopic (exact) mass is 235 g/mol. The van der Waals surface area contributed by atoms with Gasteiger partial charge in [0.05, 0.1) is 12.6 Å². The van der Waals surface area contributed by atoms with Crippen molar-refractivity contribution in [1.82, 2.24) is 4.98 Å². The van der Waals surface area contributed by atoms with E-state index >= 15 is 0 Å². The highest BCUT2D eigenvalue weighted by atomic mass is 16.6. The minimum atomic E-state index is -1.93. The van der Waals surface area contributed by atoms with Crippen molar-refractivity contribution in [3.63, 3.8) is 0 Å². The molecule has 0 aliphatic heterocycles. The molecule has 0 saturated carbocycles. The van der Waals surface area contributed by atoms with Crippen LogP contribution in [0.4, 0.5) is 0 Å². The van der Waals surface area contributed by atoms with Gasteiger partial charge >= 0.3 is 7.32 Å². The number of methoxy groups -OCH3 is 1. The Hall–Kier alpha value is -1.99. The van der Waals surface area contributed by atoms with Crippen LogP contribution in [0.25, 0.3) is 10.9 Å². The molecule has 0 spiro atoms. The van der Waals surface area contributed by atoms with Gasteiger partial charge in [0.15, 0.2) is 5.75 Å². The van der Waals surface area contributed by atoms with Crippen molar-refractivity contribution < 1.29 is 19.4 Å². The first-order valence-corrected chi connectivity index (χ1v) is 4.84. The smallest absolute Gasteiger partial charge is 0.509 e. The number of rotatable bonds is 3. The average molecular weight is 235 g/mol. The van der Waals surface area contributed by atoms with Crippen LogP contribution in [0.5, 0.6) is 11.5 Å². The van der Waals surface area contributed by atoms with Gasteiger partial charge in [0.25, 0.3) is 0 Å². The molecule has 0 unspecified atom stereocenters. The van der Waals surface area contributed by atoms with Crippen LogP contribution in [0.15, 0.2) is 29.1 Å². The minimum Gasteiger partial charge on any atom is -0.509 e. The number of fused-ring (bicyclic) bond motifs is 1. The van der Waals surface area contributed by atoms with Gasteiger partial charge in [-0.3, -0.25) is 4.79 Å². The van der Waals surface area contributed by atoms with E-state index < -0.39 is 7.32 Å². The van der Waals surface area contributed by atoms with Crippen LogP contribution in [0.3, 0.4) is 0 Å². The second-order valence-corrected chi connectivity index (χ2v) is 3.36. The molecule has 17 heavy (non-hydrogen) atoms. The minimum absolute atomic E-state index is 0.182. The molecular weight excluding hydrogens is 225 g/mol. The maximum Gasteiger partial charge on any atom is 0.707 e. The van der Waals surface area contributed by atoms with E-state index in [0.29, 0.717) is 16.7 Å². The molecule has 0 bridgehead atoms. The normalized spacial score (nSPS) is 10.3. The Morgan fingerprint density at radius 1 is 1.24 bits per heavy atom. The number of benzene rings is 1. The quantitative estimate of drug-likeness (QED) is 0.645. The zero-order chi connectivity index (χ0) is 12.4. The summed E-state index contributed by atoms with van der Waals surface area (Å²) in [6, 6.07) is 6.07. The van der Waals surface area contributed by atoms with E-state index in [0.717, 1.165) is 0 Å². The van der Waals surface area contributed by atoms with E-state index in [1.807, 2.05) is 0 Å². The number of aromatic amines is 1. The van der Waals surface area contributed by atoms with Crippen LogP contribution in [0.2, 0.25) is 0 Å². The first-order valence-electron chi connectivity index (χ1n) is 4.84. The highest BCUT2D eigenvalue weighted by Crippen LogP contribution is 2.31. The number of pyridine rings is 1. The number of H-pyrrole nitrogens is 1. The largest absolute Gasteiger partial charge is 0.707 e. The van der Waals surface area contributed by atoms with Crippen LogP contribution in [-0.4, -0.2) is 29.5 Å². The Kier molecular flexibility index (Phi) is 3.03. The summed E-state index contributed by atoms with van der Waals surface area (Å²) in [5.41, 5.74) is 0.351. The van der Waals surface area contributed by atoms with E-state index in [9.17, 15) is 4.79 Å². The van der Waals surface area contributed by atoms with Crippen LogP contribution >= 0.6 is 0 Å². The summed E-state index contributed by atoms with van der Waals surface area (Å²) in [5, 5.41) is 18.2. The Morgan fingerprint density at radius 2 is 2.00 bits per heavy atom. The highest BCUT2D eigenvalue weighted by Gasteiger charge is 2.15. The summed E-state index contributed by atoms with van der Waals surface area (Å²) in [7, 11) is -0.511. The Balaban J connectivity index is 2.60. The van der Waals surface area contributed by atoms with Crippen molar-refractivity contribution >= 4 is 18.2 Å².